The molecule has 0 saturated heterocycles. The van der Waals surface area contributed by atoms with E-state index in [9.17, 15) is 0 Å². The molecule has 2 fully saturated rings. The SMILES string of the molecule is CNC1CCCC(C2CCCC(C)C2)C1. The van der Waals surface area contributed by atoms with Crippen molar-refractivity contribution in [3.8, 4) is 0 Å². The van der Waals surface area contributed by atoms with Gasteiger partial charge in [0.2, 0.25) is 0 Å². The Morgan fingerprint density at radius 2 is 1.53 bits per heavy atom. The van der Waals surface area contributed by atoms with Gasteiger partial charge in [0.05, 0.1) is 0 Å². The zero-order chi connectivity index (χ0) is 10.7. The molecule has 2 aliphatic carbocycles. The monoisotopic (exact) mass is 209 g/mol. The zero-order valence-corrected chi connectivity index (χ0v) is 10.5. The maximum Gasteiger partial charge on any atom is 0.00668 e. The van der Waals surface area contributed by atoms with E-state index in [1.54, 1.807) is 0 Å². The molecule has 0 heterocycles. The van der Waals surface area contributed by atoms with Crippen LogP contribution in [0, 0.1) is 17.8 Å². The fraction of sp³-hybridized carbons (Fsp3) is 1.00. The molecule has 2 aliphatic rings. The van der Waals surface area contributed by atoms with Gasteiger partial charge in [0.15, 0.2) is 0 Å². The lowest BCUT2D eigenvalue weighted by Crippen LogP contribution is -2.35. The summed E-state index contributed by atoms with van der Waals surface area (Å²) in [7, 11) is 2.14. The van der Waals surface area contributed by atoms with E-state index in [0.717, 1.165) is 23.8 Å². The van der Waals surface area contributed by atoms with E-state index in [1.807, 2.05) is 0 Å². The Hall–Kier alpha value is -0.0400. The third kappa shape index (κ3) is 2.96. The van der Waals surface area contributed by atoms with E-state index in [-0.39, 0.29) is 0 Å². The molecule has 0 bridgehead atoms. The fourth-order valence-corrected chi connectivity index (χ4v) is 3.83. The Bertz CT molecular complexity index is 190. The number of hydrogen-bond acceptors (Lipinski definition) is 1. The van der Waals surface area contributed by atoms with Crippen molar-refractivity contribution in [3.63, 3.8) is 0 Å². The molecule has 4 atom stereocenters. The predicted octanol–water partition coefficient (Wildman–Crippen LogP) is 3.59. The van der Waals surface area contributed by atoms with Crippen LogP contribution >= 0.6 is 0 Å². The van der Waals surface area contributed by atoms with Crippen molar-refractivity contribution < 1.29 is 0 Å². The predicted molar refractivity (Wildman–Crippen MR) is 65.9 cm³/mol. The van der Waals surface area contributed by atoms with Crippen LogP contribution in [0.25, 0.3) is 0 Å². The molecule has 1 heteroatoms. The van der Waals surface area contributed by atoms with Crippen LogP contribution in [-0.4, -0.2) is 13.1 Å². The van der Waals surface area contributed by atoms with Gasteiger partial charge in [-0.05, 0) is 44.1 Å². The molecule has 88 valence electrons. The largest absolute Gasteiger partial charge is 0.317 e. The van der Waals surface area contributed by atoms with E-state index in [4.69, 9.17) is 0 Å². The molecule has 15 heavy (non-hydrogen) atoms. The van der Waals surface area contributed by atoms with Gasteiger partial charge in [-0.15, -0.1) is 0 Å². The van der Waals surface area contributed by atoms with E-state index in [2.05, 4.69) is 19.3 Å². The standard InChI is InChI=1S/C14H27N/c1-11-5-3-6-12(9-11)13-7-4-8-14(10-13)15-2/h11-15H,3-10H2,1-2H3. The first kappa shape index (κ1) is 11.4. The van der Waals surface area contributed by atoms with E-state index in [1.165, 1.54) is 51.4 Å². The van der Waals surface area contributed by atoms with Gasteiger partial charge < -0.3 is 5.32 Å². The van der Waals surface area contributed by atoms with Gasteiger partial charge in [0, 0.05) is 6.04 Å². The molecular formula is C14H27N. The van der Waals surface area contributed by atoms with Crippen LogP contribution in [0.15, 0.2) is 0 Å². The molecule has 0 amide bonds. The minimum atomic E-state index is 0.820. The van der Waals surface area contributed by atoms with Crippen LogP contribution in [0.1, 0.15) is 58.3 Å². The van der Waals surface area contributed by atoms with E-state index in [0.29, 0.717) is 0 Å². The summed E-state index contributed by atoms with van der Waals surface area (Å²) in [6.07, 6.45) is 11.8. The topological polar surface area (TPSA) is 12.0 Å². The Morgan fingerprint density at radius 1 is 0.867 bits per heavy atom. The Balaban J connectivity index is 1.86. The highest BCUT2D eigenvalue weighted by atomic mass is 14.9. The maximum atomic E-state index is 3.48. The average molecular weight is 209 g/mol. The van der Waals surface area contributed by atoms with Crippen molar-refractivity contribution in [1.82, 2.24) is 5.32 Å². The number of nitrogens with one attached hydrogen (secondary N) is 1. The van der Waals surface area contributed by atoms with Gasteiger partial charge in [0.25, 0.3) is 0 Å². The van der Waals surface area contributed by atoms with Gasteiger partial charge in [-0.1, -0.05) is 39.0 Å². The summed E-state index contributed by atoms with van der Waals surface area (Å²) in [5.41, 5.74) is 0. The Kier molecular flexibility index (Phi) is 4.07. The molecule has 0 spiro atoms. The second kappa shape index (κ2) is 5.34. The molecule has 0 radical (unpaired) electrons. The zero-order valence-electron chi connectivity index (χ0n) is 10.5. The lowest BCUT2D eigenvalue weighted by atomic mass is 9.70. The molecular weight excluding hydrogens is 182 g/mol. The summed E-state index contributed by atoms with van der Waals surface area (Å²) in [6, 6.07) is 0.820. The maximum absolute atomic E-state index is 3.48. The Morgan fingerprint density at radius 3 is 2.20 bits per heavy atom. The summed E-state index contributed by atoms with van der Waals surface area (Å²) in [6.45, 7) is 2.45. The van der Waals surface area contributed by atoms with Crippen molar-refractivity contribution in [1.29, 1.82) is 0 Å². The normalized spacial score (nSPS) is 42.8. The Labute approximate surface area is 95.0 Å². The minimum absolute atomic E-state index is 0.820. The highest BCUT2D eigenvalue weighted by Crippen LogP contribution is 2.39. The van der Waals surface area contributed by atoms with E-state index >= 15 is 0 Å². The van der Waals surface area contributed by atoms with Gasteiger partial charge >= 0.3 is 0 Å². The van der Waals surface area contributed by atoms with Crippen LogP contribution in [0.4, 0.5) is 0 Å². The third-order valence-electron chi connectivity index (χ3n) is 4.77. The lowest BCUT2D eigenvalue weighted by Gasteiger charge is -2.38. The van der Waals surface area contributed by atoms with Gasteiger partial charge in [-0.2, -0.15) is 0 Å². The molecule has 1 N–H and O–H groups in total. The first-order valence-electron chi connectivity index (χ1n) is 6.97. The van der Waals surface area contributed by atoms with Crippen LogP contribution < -0.4 is 5.32 Å². The first-order valence-corrected chi connectivity index (χ1v) is 6.97. The van der Waals surface area contributed by atoms with Gasteiger partial charge in [0.1, 0.15) is 0 Å². The quantitative estimate of drug-likeness (QED) is 0.733. The molecule has 2 saturated carbocycles. The van der Waals surface area contributed by atoms with Crippen LogP contribution in [0.3, 0.4) is 0 Å². The van der Waals surface area contributed by atoms with E-state index < -0.39 is 0 Å². The van der Waals surface area contributed by atoms with Crippen LogP contribution in [0.5, 0.6) is 0 Å². The average Bonchev–Trinajstić information content (AvgIpc) is 2.29. The molecule has 1 nitrogen and oxygen atoms in total. The second-order valence-electron chi connectivity index (χ2n) is 5.94. The summed E-state index contributed by atoms with van der Waals surface area (Å²) in [5.74, 6) is 3.10. The molecule has 0 aliphatic heterocycles. The molecule has 4 unspecified atom stereocenters. The summed E-state index contributed by atoms with van der Waals surface area (Å²) in [5, 5.41) is 3.48. The first-order chi connectivity index (χ1) is 7.29. The fourth-order valence-electron chi connectivity index (χ4n) is 3.83. The highest BCUT2D eigenvalue weighted by molar-refractivity contribution is 4.83. The lowest BCUT2D eigenvalue weighted by molar-refractivity contribution is 0.150. The molecule has 2 rings (SSSR count). The summed E-state index contributed by atoms with van der Waals surface area (Å²) >= 11 is 0. The van der Waals surface area contributed by atoms with Gasteiger partial charge in [-0.25, -0.2) is 0 Å². The number of rotatable bonds is 2. The molecule has 0 aromatic carbocycles. The van der Waals surface area contributed by atoms with Crippen LogP contribution in [0.2, 0.25) is 0 Å². The van der Waals surface area contributed by atoms with Crippen molar-refractivity contribution in [2.75, 3.05) is 7.05 Å². The second-order valence-corrected chi connectivity index (χ2v) is 5.94. The van der Waals surface area contributed by atoms with Crippen molar-refractivity contribution >= 4 is 0 Å². The van der Waals surface area contributed by atoms with Crippen molar-refractivity contribution in [2.45, 2.75) is 64.3 Å². The molecule has 0 aromatic heterocycles. The third-order valence-corrected chi connectivity index (χ3v) is 4.77. The summed E-state index contributed by atoms with van der Waals surface area (Å²) < 4.78 is 0. The van der Waals surface area contributed by atoms with Crippen molar-refractivity contribution in [3.05, 3.63) is 0 Å². The summed E-state index contributed by atoms with van der Waals surface area (Å²) in [4.78, 5) is 0. The van der Waals surface area contributed by atoms with Crippen LogP contribution in [-0.2, 0) is 0 Å². The number of hydrogen-bond donors (Lipinski definition) is 1. The minimum Gasteiger partial charge on any atom is -0.317 e. The molecule has 0 aromatic rings. The smallest absolute Gasteiger partial charge is 0.00668 e. The highest BCUT2D eigenvalue weighted by Gasteiger charge is 2.30. The van der Waals surface area contributed by atoms with Gasteiger partial charge in [-0.3, -0.25) is 0 Å². The van der Waals surface area contributed by atoms with Crippen molar-refractivity contribution in [2.24, 2.45) is 17.8 Å².